The first-order chi connectivity index (χ1) is 26.8. The summed E-state index contributed by atoms with van der Waals surface area (Å²) in [6, 6.07) is 0. The first-order valence-corrected chi connectivity index (χ1v) is 26.0. The van der Waals surface area contributed by atoms with Crippen LogP contribution >= 0.6 is 0 Å². The molecule has 0 atom stereocenters. The summed E-state index contributed by atoms with van der Waals surface area (Å²) >= 11 is 0. The highest BCUT2D eigenvalue weighted by molar-refractivity contribution is 5.69. The van der Waals surface area contributed by atoms with Crippen molar-refractivity contribution in [2.45, 2.75) is 322 Å². The van der Waals surface area contributed by atoms with Gasteiger partial charge in [-0.1, -0.05) is 303 Å². The van der Waals surface area contributed by atoms with Gasteiger partial charge in [0.25, 0.3) is 0 Å². The van der Waals surface area contributed by atoms with Gasteiger partial charge in [-0.3, -0.25) is 4.79 Å². The molecule has 0 saturated carbocycles. The molecular weight excluding hydrogens is 657 g/mol. The van der Waals surface area contributed by atoms with E-state index in [0.29, 0.717) is 13.0 Å². The Kier molecular flexibility index (Phi) is 50.0. The number of carbonyl (C=O) groups is 1. The van der Waals surface area contributed by atoms with Gasteiger partial charge in [0, 0.05) is 6.42 Å². The van der Waals surface area contributed by atoms with Crippen molar-refractivity contribution >= 4 is 5.97 Å². The molecule has 0 N–H and O–H groups in total. The van der Waals surface area contributed by atoms with Crippen molar-refractivity contribution in [3.8, 4) is 0 Å². The van der Waals surface area contributed by atoms with Crippen LogP contribution in [0.5, 0.6) is 0 Å². The second-order valence-corrected chi connectivity index (χ2v) is 17.9. The van der Waals surface area contributed by atoms with Gasteiger partial charge in [0.1, 0.15) is 0 Å². The Morgan fingerprint density at radius 2 is 0.407 bits per heavy atom. The molecule has 0 bridgehead atoms. The van der Waals surface area contributed by atoms with E-state index in [1.54, 1.807) is 0 Å². The third kappa shape index (κ3) is 49.5. The molecule has 2 heteroatoms. The zero-order valence-electron chi connectivity index (χ0n) is 38.0. The molecule has 0 amide bonds. The second-order valence-electron chi connectivity index (χ2n) is 17.9. The van der Waals surface area contributed by atoms with Crippen LogP contribution in [0.3, 0.4) is 0 Å². The van der Waals surface area contributed by atoms with Gasteiger partial charge < -0.3 is 4.74 Å². The molecule has 0 aliphatic carbocycles. The van der Waals surface area contributed by atoms with E-state index in [2.05, 4.69) is 13.8 Å². The molecule has 54 heavy (non-hydrogen) atoms. The van der Waals surface area contributed by atoms with Crippen LogP contribution in [0, 0.1) is 0 Å². The van der Waals surface area contributed by atoms with Crippen molar-refractivity contribution in [2.75, 3.05) is 6.61 Å². The lowest BCUT2D eigenvalue weighted by molar-refractivity contribution is -0.143. The molecule has 0 heterocycles. The van der Waals surface area contributed by atoms with Crippen LogP contribution in [0.15, 0.2) is 0 Å². The van der Waals surface area contributed by atoms with Gasteiger partial charge in [0.2, 0.25) is 0 Å². The van der Waals surface area contributed by atoms with E-state index in [0.717, 1.165) is 12.8 Å². The van der Waals surface area contributed by atoms with E-state index < -0.39 is 0 Å². The highest BCUT2D eigenvalue weighted by atomic mass is 16.5. The number of ether oxygens (including phenoxy) is 1. The second kappa shape index (κ2) is 50.5. The van der Waals surface area contributed by atoms with Crippen LogP contribution in [-0.2, 0) is 9.53 Å². The third-order valence-corrected chi connectivity index (χ3v) is 12.2. The maximum atomic E-state index is 12.1. The van der Waals surface area contributed by atoms with Crippen molar-refractivity contribution in [1.82, 2.24) is 0 Å². The van der Waals surface area contributed by atoms with Crippen molar-refractivity contribution in [3.63, 3.8) is 0 Å². The zero-order valence-corrected chi connectivity index (χ0v) is 38.0. The van der Waals surface area contributed by atoms with Gasteiger partial charge in [-0.2, -0.15) is 0 Å². The summed E-state index contributed by atoms with van der Waals surface area (Å²) in [5.74, 6) is 0.0343. The van der Waals surface area contributed by atoms with Crippen LogP contribution in [0.1, 0.15) is 322 Å². The van der Waals surface area contributed by atoms with Gasteiger partial charge in [0.05, 0.1) is 6.61 Å². The Morgan fingerprint density at radius 3 is 0.611 bits per heavy atom. The molecule has 0 unspecified atom stereocenters. The largest absolute Gasteiger partial charge is 0.466 e. The minimum atomic E-state index is 0.0343. The van der Waals surface area contributed by atoms with E-state index in [9.17, 15) is 4.79 Å². The van der Waals surface area contributed by atoms with E-state index in [1.165, 1.54) is 289 Å². The lowest BCUT2D eigenvalue weighted by atomic mass is 10.0. The highest BCUT2D eigenvalue weighted by Crippen LogP contribution is 2.18. The molecule has 2 nitrogen and oxygen atoms in total. The number of carbonyl (C=O) groups excluding carboxylic acids is 1. The summed E-state index contributed by atoms with van der Waals surface area (Å²) < 4.78 is 5.50. The zero-order chi connectivity index (χ0) is 38.9. The number of hydrogen-bond acceptors (Lipinski definition) is 2. The number of rotatable bonds is 49. The van der Waals surface area contributed by atoms with Gasteiger partial charge in [-0.25, -0.2) is 0 Å². The Bertz CT molecular complexity index is 659. The Balaban J connectivity index is 3.13. The van der Waals surface area contributed by atoms with Crippen molar-refractivity contribution < 1.29 is 9.53 Å². The van der Waals surface area contributed by atoms with Gasteiger partial charge in [-0.15, -0.1) is 0 Å². The van der Waals surface area contributed by atoms with Crippen molar-refractivity contribution in [1.29, 1.82) is 0 Å². The molecular formula is C52H104O2. The average molecular weight is 761 g/mol. The Morgan fingerprint density at radius 1 is 0.241 bits per heavy atom. The lowest BCUT2D eigenvalue weighted by Gasteiger charge is -2.06. The first-order valence-electron chi connectivity index (χ1n) is 26.0. The average Bonchev–Trinajstić information content (AvgIpc) is 3.18. The fourth-order valence-corrected chi connectivity index (χ4v) is 8.38. The fourth-order valence-electron chi connectivity index (χ4n) is 8.38. The summed E-state index contributed by atoms with van der Waals surface area (Å²) in [6.45, 7) is 5.24. The Labute approximate surface area is 343 Å². The predicted molar refractivity (Wildman–Crippen MR) is 244 cm³/mol. The number of hydrogen-bond donors (Lipinski definition) is 0. The van der Waals surface area contributed by atoms with Gasteiger partial charge in [0.15, 0.2) is 0 Å². The maximum absolute atomic E-state index is 12.1. The highest BCUT2D eigenvalue weighted by Gasteiger charge is 2.03. The molecule has 0 aromatic carbocycles. The molecule has 0 aliphatic rings. The molecule has 0 spiro atoms. The standard InChI is InChI=1S/C52H104O2/c1-3-5-7-9-11-13-15-17-19-21-23-24-25-26-27-28-29-30-31-33-35-37-39-41-43-45-47-49-51-54-52(53)50-48-46-44-42-40-38-36-34-32-22-20-18-16-14-12-10-8-6-4-2/h3-51H2,1-2H3. The summed E-state index contributed by atoms with van der Waals surface area (Å²) in [7, 11) is 0. The quantitative estimate of drug-likeness (QED) is 0.0456. The van der Waals surface area contributed by atoms with E-state index in [-0.39, 0.29) is 5.97 Å². The monoisotopic (exact) mass is 761 g/mol. The molecule has 0 aromatic rings. The van der Waals surface area contributed by atoms with Crippen LogP contribution in [0.2, 0.25) is 0 Å². The number of unbranched alkanes of at least 4 members (excludes halogenated alkanes) is 45. The molecule has 0 rings (SSSR count). The summed E-state index contributed by atoms with van der Waals surface area (Å²) in [6.07, 6.45) is 66.8. The minimum absolute atomic E-state index is 0.0343. The van der Waals surface area contributed by atoms with Crippen LogP contribution in [0.25, 0.3) is 0 Å². The van der Waals surface area contributed by atoms with E-state index in [4.69, 9.17) is 4.74 Å². The predicted octanol–water partition coefficient (Wildman–Crippen LogP) is 19.3. The van der Waals surface area contributed by atoms with E-state index in [1.807, 2.05) is 0 Å². The van der Waals surface area contributed by atoms with Crippen molar-refractivity contribution in [3.05, 3.63) is 0 Å². The third-order valence-electron chi connectivity index (χ3n) is 12.2. The van der Waals surface area contributed by atoms with Crippen LogP contribution < -0.4 is 0 Å². The Hall–Kier alpha value is -0.530. The van der Waals surface area contributed by atoms with Gasteiger partial charge in [-0.05, 0) is 12.8 Å². The fraction of sp³-hybridized carbons (Fsp3) is 0.981. The molecule has 324 valence electrons. The SMILES string of the molecule is CCCCCCCCCCCCCCCCCCCCCCCCCCCCCCOC(=O)CCCCCCCCCCCCCCCCCCCCC. The first kappa shape index (κ1) is 53.5. The number of esters is 1. The molecule has 0 radical (unpaired) electrons. The molecule has 0 aliphatic heterocycles. The topological polar surface area (TPSA) is 26.3 Å². The summed E-state index contributed by atoms with van der Waals surface area (Å²) in [4.78, 5) is 12.1. The van der Waals surface area contributed by atoms with E-state index >= 15 is 0 Å². The normalized spacial score (nSPS) is 11.5. The molecule has 0 fully saturated rings. The lowest BCUT2D eigenvalue weighted by Crippen LogP contribution is -2.05. The minimum Gasteiger partial charge on any atom is -0.466 e. The van der Waals surface area contributed by atoms with Crippen LogP contribution in [-0.4, -0.2) is 12.6 Å². The maximum Gasteiger partial charge on any atom is 0.305 e. The van der Waals surface area contributed by atoms with Crippen LogP contribution in [0.4, 0.5) is 0 Å². The smallest absolute Gasteiger partial charge is 0.305 e. The molecule has 0 aromatic heterocycles. The van der Waals surface area contributed by atoms with Gasteiger partial charge >= 0.3 is 5.97 Å². The molecule has 0 saturated heterocycles. The summed E-state index contributed by atoms with van der Waals surface area (Å²) in [5, 5.41) is 0. The van der Waals surface area contributed by atoms with Crippen molar-refractivity contribution in [2.24, 2.45) is 0 Å². The summed E-state index contributed by atoms with van der Waals surface area (Å²) in [5.41, 5.74) is 0.